The lowest BCUT2D eigenvalue weighted by Crippen LogP contribution is -2.47. The number of rotatable bonds is 4. The van der Waals surface area contributed by atoms with Crippen LogP contribution in [-0.4, -0.2) is 28.5 Å². The highest BCUT2D eigenvalue weighted by Crippen LogP contribution is 2.19. The number of nitrogens with one attached hydrogen (secondary N) is 3. The van der Waals surface area contributed by atoms with Crippen LogP contribution in [0.15, 0.2) is 30.2 Å². The molecule has 0 spiro atoms. The van der Waals surface area contributed by atoms with Crippen molar-refractivity contribution in [2.45, 2.75) is 32.1 Å². The molecule has 0 bridgehead atoms. The van der Waals surface area contributed by atoms with Crippen molar-refractivity contribution in [1.29, 1.82) is 0 Å². The van der Waals surface area contributed by atoms with Gasteiger partial charge < -0.3 is 5.32 Å². The normalized spacial score (nSPS) is 14.0. The SMILES string of the molecule is O=C(NCCC1=CCCCC1)NNC(=O)c1cnccn1. The number of carbonyl (C=O) groups excluding carboxylic acids is 2. The zero-order valence-electron chi connectivity index (χ0n) is 11.8. The summed E-state index contributed by atoms with van der Waals surface area (Å²) in [5.74, 6) is -0.506. The van der Waals surface area contributed by atoms with Gasteiger partial charge in [-0.05, 0) is 32.1 Å². The molecule has 0 saturated heterocycles. The summed E-state index contributed by atoms with van der Waals surface area (Å²) in [6, 6.07) is -0.441. The van der Waals surface area contributed by atoms with Gasteiger partial charge in [-0.25, -0.2) is 15.2 Å². The molecule has 1 aliphatic rings. The van der Waals surface area contributed by atoms with E-state index in [2.05, 4.69) is 32.2 Å². The molecule has 0 aliphatic heterocycles. The van der Waals surface area contributed by atoms with Crippen LogP contribution in [-0.2, 0) is 0 Å². The molecule has 0 unspecified atom stereocenters. The lowest BCUT2D eigenvalue weighted by Gasteiger charge is -2.13. The summed E-state index contributed by atoms with van der Waals surface area (Å²) in [7, 11) is 0. The van der Waals surface area contributed by atoms with Crippen LogP contribution in [0, 0.1) is 0 Å². The predicted molar refractivity (Wildman–Crippen MR) is 77.2 cm³/mol. The minimum absolute atomic E-state index is 0.144. The summed E-state index contributed by atoms with van der Waals surface area (Å²) in [6.45, 7) is 0.554. The van der Waals surface area contributed by atoms with Crippen LogP contribution in [0.1, 0.15) is 42.6 Å². The van der Waals surface area contributed by atoms with Crippen LogP contribution in [0.4, 0.5) is 4.79 Å². The lowest BCUT2D eigenvalue weighted by molar-refractivity contribution is 0.0931. The maximum absolute atomic E-state index is 11.6. The molecule has 0 aromatic carbocycles. The monoisotopic (exact) mass is 289 g/mol. The Balaban J connectivity index is 1.63. The molecule has 1 aliphatic carbocycles. The van der Waals surface area contributed by atoms with E-state index in [4.69, 9.17) is 0 Å². The second-order valence-electron chi connectivity index (χ2n) is 4.78. The molecule has 112 valence electrons. The van der Waals surface area contributed by atoms with E-state index in [0.29, 0.717) is 6.54 Å². The van der Waals surface area contributed by atoms with Crippen molar-refractivity contribution >= 4 is 11.9 Å². The van der Waals surface area contributed by atoms with E-state index in [1.165, 1.54) is 37.0 Å². The number of aromatic nitrogens is 2. The molecule has 1 heterocycles. The van der Waals surface area contributed by atoms with E-state index in [9.17, 15) is 9.59 Å². The zero-order valence-corrected chi connectivity index (χ0v) is 11.8. The Morgan fingerprint density at radius 3 is 2.81 bits per heavy atom. The summed E-state index contributed by atoms with van der Waals surface area (Å²) in [5.41, 5.74) is 6.09. The first-order valence-electron chi connectivity index (χ1n) is 7.04. The number of hydrogen-bond donors (Lipinski definition) is 3. The maximum Gasteiger partial charge on any atom is 0.333 e. The second-order valence-corrected chi connectivity index (χ2v) is 4.78. The fraction of sp³-hybridized carbons (Fsp3) is 0.429. The standard InChI is InChI=1S/C14H19N5O2/c20-13(12-10-15-8-9-16-12)18-19-14(21)17-7-6-11-4-2-1-3-5-11/h4,8-10H,1-3,5-7H2,(H,18,20)(H2,17,19,21). The molecule has 7 heteroatoms. The summed E-state index contributed by atoms with van der Waals surface area (Å²) >= 11 is 0. The van der Waals surface area contributed by atoms with Crippen molar-refractivity contribution < 1.29 is 9.59 Å². The molecule has 0 atom stereocenters. The molecule has 1 aromatic rings. The topological polar surface area (TPSA) is 96.0 Å². The Labute approximate surface area is 123 Å². The number of amides is 3. The van der Waals surface area contributed by atoms with Gasteiger partial charge in [0.25, 0.3) is 5.91 Å². The van der Waals surface area contributed by atoms with Crippen molar-refractivity contribution in [3.63, 3.8) is 0 Å². The fourth-order valence-electron chi connectivity index (χ4n) is 2.11. The van der Waals surface area contributed by atoms with Crippen molar-refractivity contribution in [3.8, 4) is 0 Å². The largest absolute Gasteiger partial charge is 0.336 e. The van der Waals surface area contributed by atoms with E-state index < -0.39 is 11.9 Å². The average molecular weight is 289 g/mol. The van der Waals surface area contributed by atoms with E-state index in [1.54, 1.807) is 0 Å². The van der Waals surface area contributed by atoms with E-state index >= 15 is 0 Å². The van der Waals surface area contributed by atoms with Gasteiger partial charge in [0, 0.05) is 18.9 Å². The molecule has 0 fully saturated rings. The Hall–Kier alpha value is -2.44. The predicted octanol–water partition coefficient (Wildman–Crippen LogP) is 1.31. The first-order valence-corrected chi connectivity index (χ1v) is 7.04. The Morgan fingerprint density at radius 2 is 2.10 bits per heavy atom. The minimum Gasteiger partial charge on any atom is -0.336 e. The van der Waals surface area contributed by atoms with Gasteiger partial charge >= 0.3 is 6.03 Å². The second kappa shape index (κ2) is 7.98. The number of allylic oxidation sites excluding steroid dienone is 1. The van der Waals surface area contributed by atoms with Gasteiger partial charge in [0.15, 0.2) is 0 Å². The number of hydrogen-bond acceptors (Lipinski definition) is 4. The van der Waals surface area contributed by atoms with Gasteiger partial charge in [0.05, 0.1) is 6.20 Å². The van der Waals surface area contributed by atoms with Crippen molar-refractivity contribution in [1.82, 2.24) is 26.1 Å². The molecule has 2 rings (SSSR count). The van der Waals surface area contributed by atoms with Gasteiger partial charge in [-0.1, -0.05) is 11.6 Å². The molecule has 0 saturated carbocycles. The van der Waals surface area contributed by atoms with Gasteiger partial charge in [-0.3, -0.25) is 15.2 Å². The van der Waals surface area contributed by atoms with Crippen LogP contribution < -0.4 is 16.2 Å². The van der Waals surface area contributed by atoms with Crippen LogP contribution in [0.3, 0.4) is 0 Å². The van der Waals surface area contributed by atoms with E-state index in [1.807, 2.05) is 0 Å². The molecule has 21 heavy (non-hydrogen) atoms. The maximum atomic E-state index is 11.6. The quantitative estimate of drug-likeness (QED) is 0.575. The number of hydrazine groups is 1. The Kier molecular flexibility index (Phi) is 5.69. The molecule has 3 N–H and O–H groups in total. The first-order chi connectivity index (χ1) is 10.3. The van der Waals surface area contributed by atoms with Crippen molar-refractivity contribution in [3.05, 3.63) is 35.9 Å². The van der Waals surface area contributed by atoms with Gasteiger partial charge in [-0.2, -0.15) is 0 Å². The Morgan fingerprint density at radius 1 is 1.19 bits per heavy atom. The minimum atomic E-state index is -0.506. The number of carbonyl (C=O) groups is 2. The van der Waals surface area contributed by atoms with Gasteiger partial charge in [0.2, 0.25) is 0 Å². The molecular formula is C14H19N5O2. The van der Waals surface area contributed by atoms with Crippen LogP contribution in [0.25, 0.3) is 0 Å². The highest BCUT2D eigenvalue weighted by Gasteiger charge is 2.08. The molecule has 7 nitrogen and oxygen atoms in total. The first kappa shape index (κ1) is 15.0. The number of urea groups is 1. The summed E-state index contributed by atoms with van der Waals surface area (Å²) in [6.07, 6.45) is 12.0. The molecular weight excluding hydrogens is 270 g/mol. The van der Waals surface area contributed by atoms with E-state index in [-0.39, 0.29) is 5.69 Å². The van der Waals surface area contributed by atoms with Gasteiger partial charge in [0.1, 0.15) is 5.69 Å². The molecule has 3 amide bonds. The third-order valence-corrected chi connectivity index (χ3v) is 3.20. The van der Waals surface area contributed by atoms with Crippen molar-refractivity contribution in [2.75, 3.05) is 6.54 Å². The van der Waals surface area contributed by atoms with Crippen molar-refractivity contribution in [2.24, 2.45) is 0 Å². The third kappa shape index (κ3) is 5.21. The van der Waals surface area contributed by atoms with Crippen LogP contribution >= 0.6 is 0 Å². The summed E-state index contributed by atoms with van der Waals surface area (Å²) < 4.78 is 0. The highest BCUT2D eigenvalue weighted by molar-refractivity contribution is 5.93. The molecule has 0 radical (unpaired) electrons. The fourth-order valence-corrected chi connectivity index (χ4v) is 2.11. The van der Waals surface area contributed by atoms with Crippen LogP contribution in [0.5, 0.6) is 0 Å². The summed E-state index contributed by atoms with van der Waals surface area (Å²) in [5, 5.41) is 2.70. The van der Waals surface area contributed by atoms with Crippen LogP contribution in [0.2, 0.25) is 0 Å². The lowest BCUT2D eigenvalue weighted by atomic mass is 9.97. The van der Waals surface area contributed by atoms with Gasteiger partial charge in [-0.15, -0.1) is 0 Å². The third-order valence-electron chi connectivity index (χ3n) is 3.20. The Bertz CT molecular complexity index is 515. The molecule has 1 aromatic heterocycles. The highest BCUT2D eigenvalue weighted by atomic mass is 16.2. The zero-order chi connectivity index (χ0) is 14.9. The summed E-state index contributed by atoms with van der Waals surface area (Å²) in [4.78, 5) is 30.7. The average Bonchev–Trinajstić information content (AvgIpc) is 2.54. The smallest absolute Gasteiger partial charge is 0.333 e. The van der Waals surface area contributed by atoms with E-state index in [0.717, 1.165) is 19.3 Å². The number of nitrogens with zero attached hydrogens (tertiary/aromatic N) is 2.